The number of likely N-dealkylation sites (tertiary alicyclic amines) is 1. The topological polar surface area (TPSA) is 20.3 Å². The van der Waals surface area contributed by atoms with Crippen LogP contribution in [0, 0.1) is 11.3 Å². The van der Waals surface area contributed by atoms with Gasteiger partial charge in [0.05, 0.1) is 0 Å². The molecule has 0 bridgehead atoms. The fraction of sp³-hybridized carbons (Fsp3) is 0.917. The average Bonchev–Trinajstić information content (AvgIpc) is 2.37. The lowest BCUT2D eigenvalue weighted by Crippen LogP contribution is -2.33. The van der Waals surface area contributed by atoms with Crippen LogP contribution in [0.25, 0.3) is 0 Å². The van der Waals surface area contributed by atoms with Crippen LogP contribution in [-0.2, 0) is 4.79 Å². The first-order valence-electron chi connectivity index (χ1n) is 5.70. The van der Waals surface area contributed by atoms with Crippen molar-refractivity contribution in [2.45, 2.75) is 45.6 Å². The third kappa shape index (κ3) is 1.85. The molecule has 0 spiro atoms. The van der Waals surface area contributed by atoms with Crippen LogP contribution in [-0.4, -0.2) is 30.3 Å². The van der Waals surface area contributed by atoms with E-state index in [0.717, 1.165) is 19.4 Å². The number of Topliss-reactive ketones (excluding diaryl/α,β-unsaturated/α-hetero) is 1. The van der Waals surface area contributed by atoms with Crippen molar-refractivity contribution in [1.29, 1.82) is 0 Å². The summed E-state index contributed by atoms with van der Waals surface area (Å²) in [6.45, 7) is 5.83. The van der Waals surface area contributed by atoms with E-state index in [-0.39, 0.29) is 0 Å². The predicted molar refractivity (Wildman–Crippen MR) is 57.2 cm³/mol. The van der Waals surface area contributed by atoms with Crippen molar-refractivity contribution >= 4 is 5.78 Å². The maximum absolute atomic E-state index is 11.5. The van der Waals surface area contributed by atoms with Gasteiger partial charge in [-0.3, -0.25) is 4.79 Å². The fourth-order valence-corrected chi connectivity index (χ4v) is 3.09. The number of nitrogens with zero attached hydrogens (tertiary/aromatic N) is 1. The summed E-state index contributed by atoms with van der Waals surface area (Å²) in [5.74, 6) is 1.11. The first kappa shape index (κ1) is 10.2. The molecular formula is C12H21NO. The smallest absolute Gasteiger partial charge is 0.134 e. The molecule has 0 amide bonds. The van der Waals surface area contributed by atoms with Crippen LogP contribution in [0.3, 0.4) is 0 Å². The molecule has 0 aromatic heterocycles. The van der Waals surface area contributed by atoms with Crippen LogP contribution < -0.4 is 0 Å². The number of rotatable bonds is 0. The maximum Gasteiger partial charge on any atom is 0.134 e. The lowest BCUT2D eigenvalue weighted by molar-refractivity contribution is -0.117. The Bertz CT molecular complexity index is 247. The molecular weight excluding hydrogens is 174 g/mol. The van der Waals surface area contributed by atoms with Gasteiger partial charge in [0.25, 0.3) is 0 Å². The van der Waals surface area contributed by atoms with Crippen LogP contribution >= 0.6 is 0 Å². The number of hydrogen-bond acceptors (Lipinski definition) is 2. The van der Waals surface area contributed by atoms with Gasteiger partial charge in [-0.25, -0.2) is 0 Å². The molecule has 0 aromatic rings. The molecule has 0 radical (unpaired) electrons. The van der Waals surface area contributed by atoms with Crippen molar-refractivity contribution in [3.05, 3.63) is 0 Å². The number of ketones is 1. The van der Waals surface area contributed by atoms with E-state index >= 15 is 0 Å². The minimum atomic E-state index is 0.429. The van der Waals surface area contributed by atoms with Gasteiger partial charge < -0.3 is 4.90 Å². The highest BCUT2D eigenvalue weighted by Gasteiger charge is 2.40. The Kier molecular flexibility index (Phi) is 2.42. The van der Waals surface area contributed by atoms with Crippen molar-refractivity contribution in [2.24, 2.45) is 11.3 Å². The molecule has 2 heteroatoms. The molecule has 2 rings (SSSR count). The molecule has 14 heavy (non-hydrogen) atoms. The van der Waals surface area contributed by atoms with E-state index in [1.807, 2.05) is 0 Å². The van der Waals surface area contributed by atoms with E-state index in [0.29, 0.717) is 23.2 Å². The highest BCUT2D eigenvalue weighted by Crippen LogP contribution is 2.41. The Morgan fingerprint density at radius 2 is 2.07 bits per heavy atom. The van der Waals surface area contributed by atoms with Crippen molar-refractivity contribution in [2.75, 3.05) is 13.6 Å². The highest BCUT2D eigenvalue weighted by molar-refractivity contribution is 5.81. The lowest BCUT2D eigenvalue weighted by atomic mass is 9.80. The number of carbonyl (C=O) groups is 1. The zero-order valence-electron chi connectivity index (χ0n) is 9.55. The third-order valence-corrected chi connectivity index (χ3v) is 3.99. The fourth-order valence-electron chi connectivity index (χ4n) is 3.09. The monoisotopic (exact) mass is 195 g/mol. The minimum absolute atomic E-state index is 0.429. The van der Waals surface area contributed by atoms with E-state index in [9.17, 15) is 4.79 Å². The van der Waals surface area contributed by atoms with Crippen LogP contribution in [0.1, 0.15) is 39.5 Å². The molecule has 2 nitrogen and oxygen atoms in total. The van der Waals surface area contributed by atoms with Crippen LogP contribution in [0.4, 0.5) is 0 Å². The van der Waals surface area contributed by atoms with Crippen molar-refractivity contribution in [3.63, 3.8) is 0 Å². The van der Waals surface area contributed by atoms with Gasteiger partial charge in [0.15, 0.2) is 0 Å². The minimum Gasteiger partial charge on any atom is -0.303 e. The Hall–Kier alpha value is -0.370. The van der Waals surface area contributed by atoms with E-state index in [2.05, 4.69) is 25.8 Å². The van der Waals surface area contributed by atoms with Crippen LogP contribution in [0.2, 0.25) is 0 Å². The Morgan fingerprint density at radius 3 is 2.79 bits per heavy atom. The van der Waals surface area contributed by atoms with Gasteiger partial charge in [0.1, 0.15) is 5.78 Å². The molecule has 0 N–H and O–H groups in total. The van der Waals surface area contributed by atoms with Crippen molar-refractivity contribution < 1.29 is 4.79 Å². The molecule has 1 aliphatic heterocycles. The molecule has 2 aliphatic rings. The summed E-state index contributed by atoms with van der Waals surface area (Å²) < 4.78 is 0. The molecule has 2 atom stereocenters. The lowest BCUT2D eigenvalue weighted by Gasteiger charge is -2.26. The summed E-state index contributed by atoms with van der Waals surface area (Å²) in [5, 5.41) is 0. The van der Waals surface area contributed by atoms with Crippen molar-refractivity contribution in [1.82, 2.24) is 4.90 Å². The number of hydrogen-bond donors (Lipinski definition) is 0. The largest absolute Gasteiger partial charge is 0.303 e. The normalized spacial score (nSPS) is 38.1. The summed E-state index contributed by atoms with van der Waals surface area (Å²) >= 11 is 0. The van der Waals surface area contributed by atoms with E-state index in [1.165, 1.54) is 12.8 Å². The molecule has 2 fully saturated rings. The van der Waals surface area contributed by atoms with Gasteiger partial charge in [-0.1, -0.05) is 13.8 Å². The molecule has 1 saturated heterocycles. The molecule has 1 saturated carbocycles. The summed E-state index contributed by atoms with van der Waals surface area (Å²) in [6.07, 6.45) is 4.13. The quantitative estimate of drug-likeness (QED) is 0.590. The Morgan fingerprint density at radius 1 is 1.36 bits per heavy atom. The first-order chi connectivity index (χ1) is 6.48. The van der Waals surface area contributed by atoms with Gasteiger partial charge in [-0.15, -0.1) is 0 Å². The first-order valence-corrected chi connectivity index (χ1v) is 5.70. The van der Waals surface area contributed by atoms with Gasteiger partial charge >= 0.3 is 0 Å². The van der Waals surface area contributed by atoms with Gasteiger partial charge in [0.2, 0.25) is 0 Å². The predicted octanol–water partition coefficient (Wildman–Crippen LogP) is 2.09. The average molecular weight is 195 g/mol. The van der Waals surface area contributed by atoms with E-state index in [1.54, 1.807) is 0 Å². The second kappa shape index (κ2) is 3.34. The third-order valence-electron chi connectivity index (χ3n) is 3.99. The van der Waals surface area contributed by atoms with Gasteiger partial charge in [-0.2, -0.15) is 0 Å². The molecule has 1 aliphatic carbocycles. The summed E-state index contributed by atoms with van der Waals surface area (Å²) in [5.41, 5.74) is 0.429. The zero-order chi connectivity index (χ0) is 10.3. The summed E-state index contributed by atoms with van der Waals surface area (Å²) in [7, 11) is 2.18. The SMILES string of the molecule is CN1CCC(C)(C)CC2CC(=O)CC21. The van der Waals surface area contributed by atoms with Gasteiger partial charge in [-0.05, 0) is 37.8 Å². The van der Waals surface area contributed by atoms with E-state index < -0.39 is 0 Å². The zero-order valence-corrected chi connectivity index (χ0v) is 9.55. The maximum atomic E-state index is 11.5. The Labute approximate surface area is 86.7 Å². The molecule has 80 valence electrons. The Balaban J connectivity index is 2.16. The standard InChI is InChI=1S/C12H21NO/c1-12(2)4-5-13(3)11-7-10(14)6-9(11)8-12/h9,11H,4-8H2,1-3H3. The molecule has 1 heterocycles. The second-order valence-corrected chi connectivity index (χ2v) is 5.87. The number of carbonyl (C=O) groups excluding carboxylic acids is 1. The molecule has 2 unspecified atom stereocenters. The summed E-state index contributed by atoms with van der Waals surface area (Å²) in [6, 6.07) is 0.546. The second-order valence-electron chi connectivity index (χ2n) is 5.87. The van der Waals surface area contributed by atoms with Crippen LogP contribution in [0.15, 0.2) is 0 Å². The van der Waals surface area contributed by atoms with Crippen LogP contribution in [0.5, 0.6) is 0 Å². The summed E-state index contributed by atoms with van der Waals surface area (Å²) in [4.78, 5) is 13.9. The van der Waals surface area contributed by atoms with Crippen molar-refractivity contribution in [3.8, 4) is 0 Å². The van der Waals surface area contributed by atoms with Gasteiger partial charge in [0, 0.05) is 18.9 Å². The van der Waals surface area contributed by atoms with E-state index in [4.69, 9.17) is 0 Å². The molecule has 0 aromatic carbocycles. The highest BCUT2D eigenvalue weighted by atomic mass is 16.1. The number of fused-ring (bicyclic) bond motifs is 1.